The Balaban J connectivity index is 1.79. The fourth-order valence-corrected chi connectivity index (χ4v) is 3.07. The van der Waals surface area contributed by atoms with Crippen LogP contribution < -0.4 is 14.8 Å². The number of carbonyl (C=O) groups excluding carboxylic acids is 1. The number of nitrogens with one attached hydrogen (secondary N) is 1. The van der Waals surface area contributed by atoms with Crippen LogP contribution >= 0.6 is 34.5 Å². The highest BCUT2D eigenvalue weighted by Crippen LogP contribution is 2.30. The van der Waals surface area contributed by atoms with Gasteiger partial charge in [0.15, 0.2) is 0 Å². The zero-order valence-corrected chi connectivity index (χ0v) is 13.5. The standard InChI is InChI=1S/C14H13Cl2NO3S/c1-19-9-3-2-4-10(7-9)20-6-5-17-14(18)11-8-12(15)21-13(11)16/h2-4,7-8H,5-6H2,1H3,(H,17,18). The number of hydrogen-bond acceptors (Lipinski definition) is 4. The molecule has 0 aliphatic rings. The summed E-state index contributed by atoms with van der Waals surface area (Å²) >= 11 is 12.9. The molecule has 0 unspecified atom stereocenters. The third-order valence-corrected chi connectivity index (χ3v) is 4.09. The Kier molecular flexibility index (Phi) is 5.73. The summed E-state index contributed by atoms with van der Waals surface area (Å²) in [5.74, 6) is 1.13. The van der Waals surface area contributed by atoms with Crippen LogP contribution in [0.5, 0.6) is 11.5 Å². The first-order valence-electron chi connectivity index (χ1n) is 6.10. The SMILES string of the molecule is COc1cccc(OCCNC(=O)c2cc(Cl)sc2Cl)c1. The molecule has 1 amide bonds. The maximum absolute atomic E-state index is 11.9. The maximum Gasteiger partial charge on any atom is 0.253 e. The van der Waals surface area contributed by atoms with Crippen molar-refractivity contribution in [1.29, 1.82) is 0 Å². The molecule has 0 radical (unpaired) electrons. The van der Waals surface area contributed by atoms with E-state index in [0.29, 0.717) is 33.1 Å². The zero-order chi connectivity index (χ0) is 15.2. The number of methoxy groups -OCH3 is 1. The monoisotopic (exact) mass is 345 g/mol. The molecule has 7 heteroatoms. The van der Waals surface area contributed by atoms with Gasteiger partial charge in [-0.15, -0.1) is 11.3 Å². The molecule has 4 nitrogen and oxygen atoms in total. The summed E-state index contributed by atoms with van der Waals surface area (Å²) in [7, 11) is 1.59. The van der Waals surface area contributed by atoms with E-state index in [1.807, 2.05) is 18.2 Å². The average molecular weight is 346 g/mol. The number of halogens is 2. The van der Waals surface area contributed by atoms with E-state index in [9.17, 15) is 4.79 Å². The Morgan fingerprint density at radius 3 is 2.71 bits per heavy atom. The fraction of sp³-hybridized carbons (Fsp3) is 0.214. The first-order valence-corrected chi connectivity index (χ1v) is 7.67. The number of hydrogen-bond donors (Lipinski definition) is 1. The van der Waals surface area contributed by atoms with E-state index in [1.165, 1.54) is 0 Å². The molecular formula is C14H13Cl2NO3S. The lowest BCUT2D eigenvalue weighted by Gasteiger charge is -2.08. The molecule has 1 aromatic heterocycles. The second kappa shape index (κ2) is 7.54. The van der Waals surface area contributed by atoms with Gasteiger partial charge in [-0.3, -0.25) is 4.79 Å². The molecule has 21 heavy (non-hydrogen) atoms. The molecule has 0 aliphatic carbocycles. The summed E-state index contributed by atoms with van der Waals surface area (Å²) in [5.41, 5.74) is 0.382. The van der Waals surface area contributed by atoms with Crippen LogP contribution in [0.25, 0.3) is 0 Å². The molecule has 1 N–H and O–H groups in total. The Morgan fingerprint density at radius 2 is 2.05 bits per heavy atom. The Bertz CT molecular complexity index is 630. The van der Waals surface area contributed by atoms with E-state index in [0.717, 1.165) is 17.1 Å². The minimum Gasteiger partial charge on any atom is -0.497 e. The van der Waals surface area contributed by atoms with E-state index in [-0.39, 0.29) is 5.91 Å². The number of benzene rings is 1. The van der Waals surface area contributed by atoms with E-state index in [4.69, 9.17) is 32.7 Å². The number of thiophene rings is 1. The zero-order valence-electron chi connectivity index (χ0n) is 11.2. The van der Waals surface area contributed by atoms with Gasteiger partial charge in [-0.2, -0.15) is 0 Å². The number of amides is 1. The molecule has 0 bridgehead atoms. The van der Waals surface area contributed by atoms with E-state index in [2.05, 4.69) is 5.32 Å². The van der Waals surface area contributed by atoms with Crippen molar-refractivity contribution in [2.75, 3.05) is 20.3 Å². The molecule has 0 saturated heterocycles. The normalized spacial score (nSPS) is 10.2. The van der Waals surface area contributed by atoms with Crippen molar-refractivity contribution in [3.05, 3.63) is 44.6 Å². The van der Waals surface area contributed by atoms with Gasteiger partial charge in [-0.1, -0.05) is 29.3 Å². The second-order valence-electron chi connectivity index (χ2n) is 4.02. The topological polar surface area (TPSA) is 47.6 Å². The quantitative estimate of drug-likeness (QED) is 0.808. The molecule has 112 valence electrons. The lowest BCUT2D eigenvalue weighted by Crippen LogP contribution is -2.27. The summed E-state index contributed by atoms with van der Waals surface area (Å²) in [4.78, 5) is 11.9. The Labute approximate surface area is 136 Å². The third-order valence-electron chi connectivity index (χ3n) is 2.60. The van der Waals surface area contributed by atoms with Crippen LogP contribution in [0.3, 0.4) is 0 Å². The van der Waals surface area contributed by atoms with Gasteiger partial charge in [0, 0.05) is 6.07 Å². The lowest BCUT2D eigenvalue weighted by atomic mass is 10.3. The minimum absolute atomic E-state index is 0.266. The van der Waals surface area contributed by atoms with Gasteiger partial charge >= 0.3 is 0 Å². The molecule has 1 aromatic carbocycles. The van der Waals surface area contributed by atoms with Crippen molar-refractivity contribution >= 4 is 40.4 Å². The molecule has 2 rings (SSSR count). The first-order chi connectivity index (χ1) is 10.1. The molecule has 0 spiro atoms. The smallest absolute Gasteiger partial charge is 0.253 e. The minimum atomic E-state index is -0.266. The van der Waals surface area contributed by atoms with Crippen LogP contribution in [0.1, 0.15) is 10.4 Å². The molecule has 2 aromatic rings. The predicted molar refractivity (Wildman–Crippen MR) is 85.2 cm³/mol. The molecule has 0 saturated carbocycles. The van der Waals surface area contributed by atoms with E-state index < -0.39 is 0 Å². The van der Waals surface area contributed by atoms with Gasteiger partial charge in [0.2, 0.25) is 0 Å². The first kappa shape index (κ1) is 15.9. The average Bonchev–Trinajstić information content (AvgIpc) is 2.82. The maximum atomic E-state index is 11.9. The van der Waals surface area contributed by atoms with Gasteiger partial charge in [-0.05, 0) is 18.2 Å². The predicted octanol–water partition coefficient (Wildman–Crippen LogP) is 3.87. The largest absolute Gasteiger partial charge is 0.497 e. The molecule has 0 aliphatic heterocycles. The van der Waals surface area contributed by atoms with Crippen LogP contribution in [0.15, 0.2) is 30.3 Å². The Hall–Kier alpha value is -1.43. The van der Waals surface area contributed by atoms with Gasteiger partial charge in [-0.25, -0.2) is 0 Å². The number of rotatable bonds is 6. The van der Waals surface area contributed by atoms with Gasteiger partial charge in [0.1, 0.15) is 22.4 Å². The number of ether oxygens (including phenoxy) is 2. The highest BCUT2D eigenvalue weighted by molar-refractivity contribution is 7.20. The van der Waals surface area contributed by atoms with E-state index >= 15 is 0 Å². The van der Waals surface area contributed by atoms with Crippen molar-refractivity contribution in [1.82, 2.24) is 5.32 Å². The van der Waals surface area contributed by atoms with Crippen LogP contribution in [-0.2, 0) is 0 Å². The van der Waals surface area contributed by atoms with Gasteiger partial charge in [0.25, 0.3) is 5.91 Å². The highest BCUT2D eigenvalue weighted by atomic mass is 35.5. The van der Waals surface area contributed by atoms with Crippen LogP contribution in [0.4, 0.5) is 0 Å². The van der Waals surface area contributed by atoms with Crippen molar-refractivity contribution in [2.24, 2.45) is 0 Å². The summed E-state index contributed by atoms with van der Waals surface area (Å²) < 4.78 is 11.5. The third kappa shape index (κ3) is 4.52. The lowest BCUT2D eigenvalue weighted by molar-refractivity contribution is 0.0947. The van der Waals surface area contributed by atoms with Crippen molar-refractivity contribution in [2.45, 2.75) is 0 Å². The Morgan fingerprint density at radius 1 is 1.29 bits per heavy atom. The molecule has 0 fully saturated rings. The van der Waals surface area contributed by atoms with Crippen LogP contribution in [0.2, 0.25) is 8.67 Å². The second-order valence-corrected chi connectivity index (χ2v) is 6.31. The highest BCUT2D eigenvalue weighted by Gasteiger charge is 2.13. The van der Waals surface area contributed by atoms with Crippen molar-refractivity contribution < 1.29 is 14.3 Å². The van der Waals surface area contributed by atoms with Crippen molar-refractivity contribution in [3.8, 4) is 11.5 Å². The summed E-state index contributed by atoms with van der Waals surface area (Å²) in [6.07, 6.45) is 0. The van der Waals surface area contributed by atoms with Crippen LogP contribution in [-0.4, -0.2) is 26.2 Å². The van der Waals surface area contributed by atoms with Crippen molar-refractivity contribution in [3.63, 3.8) is 0 Å². The number of carbonyl (C=O) groups is 1. The molecule has 1 heterocycles. The van der Waals surface area contributed by atoms with Gasteiger partial charge in [0.05, 0.1) is 23.6 Å². The van der Waals surface area contributed by atoms with Crippen LogP contribution in [0, 0.1) is 0 Å². The van der Waals surface area contributed by atoms with E-state index in [1.54, 1.807) is 19.2 Å². The molecular weight excluding hydrogens is 333 g/mol. The molecule has 0 atom stereocenters. The summed E-state index contributed by atoms with van der Waals surface area (Å²) in [6, 6.07) is 8.81. The fourth-order valence-electron chi connectivity index (χ4n) is 1.61. The summed E-state index contributed by atoms with van der Waals surface area (Å²) in [6.45, 7) is 0.703. The summed E-state index contributed by atoms with van der Waals surface area (Å²) in [5, 5.41) is 2.72. The van der Waals surface area contributed by atoms with Gasteiger partial charge < -0.3 is 14.8 Å².